The lowest BCUT2D eigenvalue weighted by molar-refractivity contribution is -0.272. The van der Waals surface area contributed by atoms with Gasteiger partial charge >= 0.3 is 6.18 Å². The number of pyridine rings is 1. The van der Waals surface area contributed by atoms with Gasteiger partial charge in [-0.25, -0.2) is 14.8 Å². The van der Waals surface area contributed by atoms with Crippen LogP contribution in [0.25, 0.3) is 0 Å². The van der Waals surface area contributed by atoms with Gasteiger partial charge in [-0.1, -0.05) is 32.4 Å². The van der Waals surface area contributed by atoms with Crippen LogP contribution in [0.15, 0.2) is 30.5 Å². The molecule has 10 rings (SSSR count). The zero-order chi connectivity index (χ0) is 46.2. The lowest BCUT2D eigenvalue weighted by Crippen LogP contribution is -2.66. The maximum atomic E-state index is 13.7. The minimum absolute atomic E-state index is 0.0356. The molecule has 2 aromatic rings. The van der Waals surface area contributed by atoms with Crippen LogP contribution in [-0.4, -0.2) is 101 Å². The molecule has 0 saturated carbocycles. The number of carbonyl (C=O) groups excluding carboxylic acids is 4. The van der Waals surface area contributed by atoms with Crippen molar-refractivity contribution in [3.8, 4) is 12.1 Å². The molecule has 63 heavy (non-hydrogen) atoms. The van der Waals surface area contributed by atoms with Crippen LogP contribution in [0.3, 0.4) is 0 Å². The summed E-state index contributed by atoms with van der Waals surface area (Å²) >= 11 is 6.12. The lowest BCUT2D eigenvalue weighted by Gasteiger charge is -2.44. The molecule has 8 saturated heterocycles. The molecular formula is C42H43ClF3N5O11Si. The highest BCUT2D eigenvalue weighted by Gasteiger charge is 2.94. The monoisotopic (exact) mass is 913 g/mol. The van der Waals surface area contributed by atoms with Crippen molar-refractivity contribution in [3.63, 3.8) is 0 Å². The van der Waals surface area contributed by atoms with Crippen molar-refractivity contribution in [2.24, 2.45) is 23.7 Å². The number of ether oxygens (including phenoxy) is 5. The number of amides is 4. The fraction of sp³-hybridized carbons (Fsp3) is 0.595. The van der Waals surface area contributed by atoms with E-state index < -0.39 is 107 Å². The number of anilines is 2. The molecular weight excluding hydrogens is 871 g/mol. The Kier molecular flexibility index (Phi) is 9.00. The van der Waals surface area contributed by atoms with Crippen molar-refractivity contribution in [2.75, 3.05) is 23.0 Å². The van der Waals surface area contributed by atoms with E-state index in [9.17, 15) is 37.5 Å². The fourth-order valence-electron chi connectivity index (χ4n) is 11.2. The molecule has 9 heterocycles. The quantitative estimate of drug-likeness (QED) is 0.249. The summed E-state index contributed by atoms with van der Waals surface area (Å²) in [6.45, 7) is 17.6. The Morgan fingerprint density at radius 3 is 1.92 bits per heavy atom. The van der Waals surface area contributed by atoms with E-state index in [-0.39, 0.29) is 52.2 Å². The van der Waals surface area contributed by atoms with E-state index >= 15 is 0 Å². The standard InChI is InChI=1S/C22H26ClN3O5Si.C20H17F3N2O6/c1-19(2,3)32(6,7)31-22-18(29-22)20(4)14-15(21(22,5)30-20)17(28)26(16(14)27)11-8-12(23)13(9-24)25-10-11;1-17-12-13(18(2,31-17)19(16(17)28)29-5-6-30-19)15(27)25(14(12)26)10-4-3-9(8-24)11(7-10)20(21,22)23/h8,10,14-15,18H,1-7H3;3-4,7,12-13,16,28H,5-6H2,1-2H3/t14-,15+,18+,20?,21?,22-;12-,13+,16+,17?,18?/m11/s1. The second kappa shape index (κ2) is 12.9. The van der Waals surface area contributed by atoms with Crippen LogP contribution in [-0.2, 0) is 53.5 Å². The van der Waals surface area contributed by atoms with Crippen molar-refractivity contribution >= 4 is 54.9 Å². The van der Waals surface area contributed by atoms with Crippen molar-refractivity contribution in [1.29, 1.82) is 10.5 Å². The average Bonchev–Trinajstić information content (AvgIpc) is 3.62. The van der Waals surface area contributed by atoms with E-state index in [2.05, 4.69) is 38.8 Å². The summed E-state index contributed by atoms with van der Waals surface area (Å²) in [5.74, 6) is -8.73. The third-order valence-corrected chi connectivity index (χ3v) is 19.8. The van der Waals surface area contributed by atoms with Gasteiger partial charge in [0.25, 0.3) is 0 Å². The number of aliphatic hydroxyl groups is 1. The molecule has 16 nitrogen and oxygen atoms in total. The molecule has 334 valence electrons. The van der Waals surface area contributed by atoms with Gasteiger partial charge in [-0.3, -0.25) is 19.2 Å². The maximum absolute atomic E-state index is 13.7. The summed E-state index contributed by atoms with van der Waals surface area (Å²) < 4.78 is 77.0. The minimum atomic E-state index is -4.85. The zero-order valence-corrected chi connectivity index (χ0v) is 37.3. The Balaban J connectivity index is 0.000000160. The number of nitrogens with zero attached hydrogens (tertiary/aromatic N) is 5. The van der Waals surface area contributed by atoms with Gasteiger partial charge in [-0.15, -0.1) is 0 Å². The molecule has 4 unspecified atom stereocenters. The number of rotatable bonds is 4. The number of carbonyl (C=O) groups is 4. The Labute approximate surface area is 365 Å². The second-order valence-corrected chi connectivity index (χ2v) is 24.6. The van der Waals surface area contributed by atoms with Crippen LogP contribution in [0.1, 0.15) is 65.3 Å². The largest absolute Gasteiger partial charge is 0.417 e. The Bertz CT molecular complexity index is 2540. The van der Waals surface area contributed by atoms with Crippen molar-refractivity contribution in [3.05, 3.63) is 52.3 Å². The van der Waals surface area contributed by atoms with E-state index in [4.69, 9.17) is 50.2 Å². The third kappa shape index (κ3) is 5.24. The first-order chi connectivity index (χ1) is 29.1. The van der Waals surface area contributed by atoms with Gasteiger partial charge in [0, 0.05) is 0 Å². The molecule has 4 amide bonds. The van der Waals surface area contributed by atoms with Gasteiger partial charge in [-0.2, -0.15) is 23.7 Å². The van der Waals surface area contributed by atoms with Gasteiger partial charge in [0.05, 0.1) is 76.7 Å². The molecule has 1 N–H and O–H groups in total. The van der Waals surface area contributed by atoms with Gasteiger partial charge in [0.1, 0.15) is 40.7 Å². The summed E-state index contributed by atoms with van der Waals surface area (Å²) in [5.41, 5.74) is -7.04. The van der Waals surface area contributed by atoms with Crippen LogP contribution < -0.4 is 9.80 Å². The zero-order valence-electron chi connectivity index (χ0n) is 35.5. The van der Waals surface area contributed by atoms with E-state index in [1.807, 2.05) is 19.9 Å². The number of hydrogen-bond donors (Lipinski definition) is 1. The highest BCUT2D eigenvalue weighted by atomic mass is 35.5. The normalized spacial score (nSPS) is 39.0. The first kappa shape index (κ1) is 43.9. The Morgan fingerprint density at radius 1 is 0.841 bits per heavy atom. The second-order valence-electron chi connectivity index (χ2n) is 19.5. The van der Waals surface area contributed by atoms with Crippen molar-refractivity contribution in [1.82, 2.24) is 4.98 Å². The van der Waals surface area contributed by atoms with Gasteiger partial charge < -0.3 is 33.2 Å². The van der Waals surface area contributed by atoms with E-state index in [1.54, 1.807) is 0 Å². The molecule has 21 heteroatoms. The number of benzene rings is 1. The smallest absolute Gasteiger partial charge is 0.386 e. The summed E-state index contributed by atoms with van der Waals surface area (Å²) in [5, 5.41) is 29.1. The molecule has 0 aliphatic carbocycles. The average molecular weight is 914 g/mol. The predicted octanol–water partition coefficient (Wildman–Crippen LogP) is 4.74. The molecule has 0 radical (unpaired) electrons. The number of fused-ring (bicyclic) bond motifs is 14. The first-order valence-corrected chi connectivity index (χ1v) is 23.5. The number of epoxide rings is 1. The van der Waals surface area contributed by atoms with E-state index in [0.29, 0.717) is 11.0 Å². The van der Waals surface area contributed by atoms with Gasteiger partial charge in [-0.05, 0) is 70.1 Å². The van der Waals surface area contributed by atoms with Crippen LogP contribution in [0, 0.1) is 46.3 Å². The first-order valence-electron chi connectivity index (χ1n) is 20.2. The molecule has 8 aliphatic heterocycles. The molecule has 11 atom stereocenters. The molecule has 8 fully saturated rings. The summed E-state index contributed by atoms with van der Waals surface area (Å²) in [7, 11) is -2.27. The molecule has 4 bridgehead atoms. The number of nitriles is 2. The number of aromatic nitrogens is 1. The number of imide groups is 2. The number of aliphatic hydroxyl groups excluding tert-OH is 1. The molecule has 1 aromatic carbocycles. The predicted molar refractivity (Wildman–Crippen MR) is 211 cm³/mol. The highest BCUT2D eigenvalue weighted by molar-refractivity contribution is 6.74. The topological polar surface area (TPSA) is 214 Å². The number of alkyl halides is 3. The molecule has 1 spiro atoms. The summed E-state index contributed by atoms with van der Waals surface area (Å²) in [6, 6.07) is 7.42. The van der Waals surface area contributed by atoms with Crippen LogP contribution >= 0.6 is 11.6 Å². The van der Waals surface area contributed by atoms with Gasteiger partial charge in [0.15, 0.2) is 14.0 Å². The lowest BCUT2D eigenvalue weighted by atomic mass is 9.64. The summed E-state index contributed by atoms with van der Waals surface area (Å²) in [4.78, 5) is 59.6. The maximum Gasteiger partial charge on any atom is 0.417 e. The fourth-order valence-corrected chi connectivity index (χ4v) is 12.8. The molecule has 8 aliphatic rings. The Hall–Kier alpha value is -4.35. The van der Waals surface area contributed by atoms with Crippen LogP contribution in [0.4, 0.5) is 24.5 Å². The number of hydrogen-bond acceptors (Lipinski definition) is 14. The van der Waals surface area contributed by atoms with E-state index in [0.717, 1.165) is 17.0 Å². The Morgan fingerprint density at radius 2 is 1.38 bits per heavy atom. The number of halogens is 4. The summed E-state index contributed by atoms with van der Waals surface area (Å²) in [6.07, 6.45) is -5.34. The van der Waals surface area contributed by atoms with E-state index in [1.165, 1.54) is 32.2 Å². The third-order valence-electron chi connectivity index (χ3n) is 15.1. The molecule has 1 aromatic heterocycles. The van der Waals surface area contributed by atoms with Crippen LogP contribution in [0.2, 0.25) is 23.2 Å². The van der Waals surface area contributed by atoms with Crippen molar-refractivity contribution < 1.29 is 65.6 Å². The van der Waals surface area contributed by atoms with Crippen molar-refractivity contribution in [2.45, 2.75) is 119 Å². The van der Waals surface area contributed by atoms with Crippen LogP contribution in [0.5, 0.6) is 0 Å². The minimum Gasteiger partial charge on any atom is -0.386 e. The van der Waals surface area contributed by atoms with Gasteiger partial charge in [0.2, 0.25) is 35.2 Å². The SMILES string of the molecule is CC12OC(C)([C@@H]3C(=O)N(c4ccc(C#N)c(C(F)(F)F)c4)C(=O)[C@@H]31)C1(OCCO1)[C@H]2O.CC12OC(C)([C@@H]3C(=O)N(c4cnc(C#N)c(Cl)c4)C(=O)[C@@H]31)[C@@]1(O[Si](C)(C)C(C)(C)C)O[C@@H]21. The highest BCUT2D eigenvalue weighted by Crippen LogP contribution is 2.75.